The molecule has 3 aromatic rings. The Bertz CT molecular complexity index is 1010. The molecule has 0 saturated carbocycles. The molecule has 0 atom stereocenters. The van der Waals surface area contributed by atoms with Crippen molar-refractivity contribution in [3.05, 3.63) is 69.1 Å². The van der Waals surface area contributed by atoms with Crippen molar-refractivity contribution in [2.75, 3.05) is 19.6 Å². The van der Waals surface area contributed by atoms with E-state index in [1.807, 2.05) is 23.6 Å². The van der Waals surface area contributed by atoms with Crippen molar-refractivity contribution in [2.24, 2.45) is 4.99 Å². The minimum Gasteiger partial charge on any atom is -0.316 e. The molecule has 2 aromatic heterocycles. The number of aromatic nitrogens is 2. The molecular weight excluding hydrogens is 386 g/mol. The molecule has 152 valence electrons. The van der Waals surface area contributed by atoms with Crippen molar-refractivity contribution in [3.8, 4) is 11.3 Å². The summed E-state index contributed by atoms with van der Waals surface area (Å²) in [5.41, 5.74) is 2.65. The van der Waals surface area contributed by atoms with Gasteiger partial charge in [-0.15, -0.1) is 11.3 Å². The van der Waals surface area contributed by atoms with Crippen LogP contribution in [-0.4, -0.2) is 39.0 Å². The van der Waals surface area contributed by atoms with E-state index in [9.17, 15) is 10.1 Å². The Hall–Kier alpha value is -2.84. The summed E-state index contributed by atoms with van der Waals surface area (Å²) in [7, 11) is 0. The fourth-order valence-corrected chi connectivity index (χ4v) is 4.12. The van der Waals surface area contributed by atoms with Crippen LogP contribution in [0.5, 0.6) is 0 Å². The lowest BCUT2D eigenvalue weighted by molar-refractivity contribution is -0.384. The summed E-state index contributed by atoms with van der Waals surface area (Å²) >= 11 is 1.54. The van der Waals surface area contributed by atoms with Gasteiger partial charge in [-0.1, -0.05) is 26.0 Å². The summed E-state index contributed by atoms with van der Waals surface area (Å²) in [5, 5.41) is 13.2. The maximum Gasteiger partial charge on any atom is 0.270 e. The summed E-state index contributed by atoms with van der Waals surface area (Å²) in [4.78, 5) is 23.0. The van der Waals surface area contributed by atoms with Crippen LogP contribution >= 0.6 is 11.3 Å². The van der Waals surface area contributed by atoms with Crippen molar-refractivity contribution in [1.82, 2.24) is 14.5 Å². The van der Waals surface area contributed by atoms with E-state index < -0.39 is 0 Å². The summed E-state index contributed by atoms with van der Waals surface area (Å²) in [6.07, 6.45) is 4.42. The second kappa shape index (κ2) is 10.1. The highest BCUT2D eigenvalue weighted by Gasteiger charge is 2.13. The Morgan fingerprint density at radius 2 is 2.07 bits per heavy atom. The van der Waals surface area contributed by atoms with E-state index in [1.165, 1.54) is 17.4 Å². The number of nitro groups is 1. The molecule has 3 rings (SSSR count). The average Bonchev–Trinajstić information content (AvgIpc) is 3.14. The molecule has 0 N–H and O–H groups in total. The van der Waals surface area contributed by atoms with Gasteiger partial charge < -0.3 is 9.47 Å². The lowest BCUT2D eigenvalue weighted by atomic mass is 10.1. The number of thiazole rings is 1. The fraction of sp³-hybridized carbons (Fsp3) is 0.333. The zero-order chi connectivity index (χ0) is 20.6. The summed E-state index contributed by atoms with van der Waals surface area (Å²) in [6.45, 7) is 8.16. The molecule has 0 amide bonds. The molecule has 0 unspecified atom stereocenters. The first-order valence-corrected chi connectivity index (χ1v) is 10.6. The maximum absolute atomic E-state index is 11.2. The molecule has 1 aromatic carbocycles. The predicted octanol–water partition coefficient (Wildman–Crippen LogP) is 4.48. The Labute approximate surface area is 174 Å². The third kappa shape index (κ3) is 5.36. The summed E-state index contributed by atoms with van der Waals surface area (Å²) in [5.74, 6) is 0. The molecule has 29 heavy (non-hydrogen) atoms. The van der Waals surface area contributed by atoms with Crippen LogP contribution in [0.25, 0.3) is 11.3 Å². The highest BCUT2D eigenvalue weighted by atomic mass is 32.1. The van der Waals surface area contributed by atoms with Crippen LogP contribution in [0, 0.1) is 10.1 Å². The van der Waals surface area contributed by atoms with Crippen molar-refractivity contribution in [2.45, 2.75) is 26.8 Å². The Kier molecular flexibility index (Phi) is 7.26. The molecule has 0 saturated heterocycles. The maximum atomic E-state index is 11.2. The molecule has 0 radical (unpaired) electrons. The molecule has 0 spiro atoms. The van der Waals surface area contributed by atoms with Gasteiger partial charge >= 0.3 is 0 Å². The van der Waals surface area contributed by atoms with Gasteiger partial charge in [0.1, 0.15) is 0 Å². The predicted molar refractivity (Wildman–Crippen MR) is 116 cm³/mol. The minimum absolute atomic E-state index is 0.0918. The van der Waals surface area contributed by atoms with E-state index >= 15 is 0 Å². The monoisotopic (exact) mass is 411 g/mol. The van der Waals surface area contributed by atoms with Crippen molar-refractivity contribution in [1.29, 1.82) is 0 Å². The Morgan fingerprint density at radius 1 is 1.24 bits per heavy atom. The number of nitrogens with zero attached hydrogens (tertiary/aromatic N) is 5. The molecule has 7 nitrogen and oxygen atoms in total. The minimum atomic E-state index is -0.360. The topological polar surface area (TPSA) is 76.6 Å². The van der Waals surface area contributed by atoms with Crippen LogP contribution < -0.4 is 4.80 Å². The molecule has 0 aliphatic rings. The molecule has 8 heteroatoms. The number of hydrogen-bond acceptors (Lipinski definition) is 6. The second-order valence-corrected chi connectivity index (χ2v) is 7.40. The summed E-state index contributed by atoms with van der Waals surface area (Å²) < 4.78 is 2.15. The Morgan fingerprint density at radius 3 is 2.76 bits per heavy atom. The van der Waals surface area contributed by atoms with Gasteiger partial charge in [-0.3, -0.25) is 15.1 Å². The van der Waals surface area contributed by atoms with E-state index in [2.05, 4.69) is 28.3 Å². The zero-order valence-corrected chi connectivity index (χ0v) is 17.5. The van der Waals surface area contributed by atoms with E-state index in [0.29, 0.717) is 0 Å². The molecule has 0 aliphatic heterocycles. The van der Waals surface area contributed by atoms with E-state index in [-0.39, 0.29) is 10.6 Å². The highest BCUT2D eigenvalue weighted by Crippen LogP contribution is 2.25. The summed E-state index contributed by atoms with van der Waals surface area (Å²) in [6, 6.07) is 10.5. The molecule has 0 fully saturated rings. The number of pyridine rings is 1. The van der Waals surface area contributed by atoms with Gasteiger partial charge in [0.25, 0.3) is 5.69 Å². The number of rotatable bonds is 9. The number of nitro benzene ring substituents is 1. The third-order valence-electron chi connectivity index (χ3n) is 4.77. The third-order valence-corrected chi connectivity index (χ3v) is 5.64. The first kappa shape index (κ1) is 20.9. The van der Waals surface area contributed by atoms with Crippen LogP contribution in [0.15, 0.2) is 59.2 Å². The van der Waals surface area contributed by atoms with Crippen LogP contribution in [0.3, 0.4) is 0 Å². The molecular formula is C21H25N5O2S. The highest BCUT2D eigenvalue weighted by molar-refractivity contribution is 7.07. The van der Waals surface area contributed by atoms with Gasteiger partial charge in [-0.2, -0.15) is 0 Å². The van der Waals surface area contributed by atoms with Crippen LogP contribution in [-0.2, 0) is 6.54 Å². The SMILES string of the molecule is CCN(CC)CCCn1c(-c2cccc([N+](=O)[O-])c2)csc1=Nc1cccnc1. The largest absolute Gasteiger partial charge is 0.316 e. The zero-order valence-electron chi connectivity index (χ0n) is 16.7. The average molecular weight is 412 g/mol. The normalized spacial score (nSPS) is 11.9. The van der Waals surface area contributed by atoms with Gasteiger partial charge in [-0.05, 0) is 38.2 Å². The van der Waals surface area contributed by atoms with Gasteiger partial charge in [0.15, 0.2) is 4.80 Å². The van der Waals surface area contributed by atoms with E-state index in [4.69, 9.17) is 4.99 Å². The lowest BCUT2D eigenvalue weighted by Crippen LogP contribution is -2.26. The van der Waals surface area contributed by atoms with Crippen LogP contribution in [0.4, 0.5) is 11.4 Å². The molecule has 0 aliphatic carbocycles. The number of hydrogen-bond donors (Lipinski definition) is 0. The fourth-order valence-electron chi connectivity index (χ4n) is 3.17. The smallest absolute Gasteiger partial charge is 0.270 e. The van der Waals surface area contributed by atoms with Crippen molar-refractivity contribution < 1.29 is 4.92 Å². The second-order valence-electron chi connectivity index (χ2n) is 6.57. The molecule has 0 bridgehead atoms. The van der Waals surface area contributed by atoms with Crippen LogP contribution in [0.1, 0.15) is 20.3 Å². The lowest BCUT2D eigenvalue weighted by Gasteiger charge is -2.18. The van der Waals surface area contributed by atoms with Gasteiger partial charge in [0, 0.05) is 35.8 Å². The standard InChI is InChI=1S/C21H25N5O2S/c1-3-24(4-2)12-7-13-25-20(17-8-5-10-19(14-17)26(27)28)16-29-21(25)23-18-9-6-11-22-15-18/h5-6,8-11,14-16H,3-4,7,12-13H2,1-2H3. The van der Waals surface area contributed by atoms with E-state index in [0.717, 1.165) is 54.3 Å². The van der Waals surface area contributed by atoms with Gasteiger partial charge in [-0.25, -0.2) is 4.99 Å². The number of benzene rings is 1. The van der Waals surface area contributed by atoms with Crippen LogP contribution in [0.2, 0.25) is 0 Å². The van der Waals surface area contributed by atoms with Crippen molar-refractivity contribution in [3.63, 3.8) is 0 Å². The first-order chi connectivity index (χ1) is 14.1. The Balaban J connectivity index is 1.99. The van der Waals surface area contributed by atoms with Gasteiger partial charge in [0.2, 0.25) is 0 Å². The molecule has 2 heterocycles. The number of non-ortho nitro benzene ring substituents is 1. The van der Waals surface area contributed by atoms with Gasteiger partial charge in [0.05, 0.1) is 22.5 Å². The first-order valence-electron chi connectivity index (χ1n) is 9.72. The van der Waals surface area contributed by atoms with Crippen molar-refractivity contribution >= 4 is 22.7 Å². The van der Waals surface area contributed by atoms with E-state index in [1.54, 1.807) is 24.5 Å². The quantitative estimate of drug-likeness (QED) is 0.384.